The van der Waals surface area contributed by atoms with Gasteiger partial charge in [0.05, 0.1) is 31.0 Å². The molecule has 1 fully saturated rings. The highest BCUT2D eigenvalue weighted by molar-refractivity contribution is 9.10. The van der Waals surface area contributed by atoms with Crippen LogP contribution in [0.5, 0.6) is 0 Å². The Morgan fingerprint density at radius 2 is 1.88 bits per heavy atom. The minimum absolute atomic E-state index is 0.0487. The zero-order valence-corrected chi connectivity index (χ0v) is 14.9. The predicted octanol–water partition coefficient (Wildman–Crippen LogP) is 3.05. The number of morpholine rings is 1. The zero-order chi connectivity index (χ0) is 16.9. The second kappa shape index (κ2) is 7.68. The average Bonchev–Trinajstić information content (AvgIpc) is 2.58. The van der Waals surface area contributed by atoms with Gasteiger partial charge < -0.3 is 20.7 Å². The SMILES string of the molecule is Nc1ccc(CC(=O)Nc2cc(Br)ccc2N2CCOCC2)cc1. The van der Waals surface area contributed by atoms with Crippen molar-refractivity contribution >= 4 is 38.9 Å². The third-order valence-electron chi connectivity index (χ3n) is 3.93. The first-order valence-electron chi connectivity index (χ1n) is 7.88. The number of nitrogen functional groups attached to an aromatic ring is 1. The van der Waals surface area contributed by atoms with Crippen molar-refractivity contribution < 1.29 is 9.53 Å². The van der Waals surface area contributed by atoms with E-state index in [1.807, 2.05) is 30.3 Å². The predicted molar refractivity (Wildman–Crippen MR) is 100 cm³/mol. The van der Waals surface area contributed by atoms with E-state index in [0.717, 1.165) is 34.5 Å². The molecule has 1 amide bonds. The van der Waals surface area contributed by atoms with Crippen molar-refractivity contribution in [1.29, 1.82) is 0 Å². The fraction of sp³-hybridized carbons (Fsp3) is 0.278. The number of halogens is 1. The Morgan fingerprint density at radius 3 is 2.58 bits per heavy atom. The highest BCUT2D eigenvalue weighted by Crippen LogP contribution is 2.30. The average molecular weight is 390 g/mol. The van der Waals surface area contributed by atoms with Gasteiger partial charge in [0.2, 0.25) is 5.91 Å². The fourth-order valence-electron chi connectivity index (χ4n) is 2.70. The molecule has 0 atom stereocenters. The first kappa shape index (κ1) is 16.8. The number of carbonyl (C=O) groups excluding carboxylic acids is 1. The van der Waals surface area contributed by atoms with Gasteiger partial charge in [-0.25, -0.2) is 0 Å². The number of hydrogen-bond donors (Lipinski definition) is 2. The summed E-state index contributed by atoms with van der Waals surface area (Å²) in [5.41, 5.74) is 9.14. The van der Waals surface area contributed by atoms with Crippen molar-refractivity contribution in [1.82, 2.24) is 0 Å². The largest absolute Gasteiger partial charge is 0.399 e. The Kier molecular flexibility index (Phi) is 5.37. The van der Waals surface area contributed by atoms with Crippen molar-refractivity contribution in [2.45, 2.75) is 6.42 Å². The van der Waals surface area contributed by atoms with E-state index in [9.17, 15) is 4.79 Å². The monoisotopic (exact) mass is 389 g/mol. The zero-order valence-electron chi connectivity index (χ0n) is 13.3. The first-order valence-corrected chi connectivity index (χ1v) is 8.67. The summed E-state index contributed by atoms with van der Waals surface area (Å²) >= 11 is 3.48. The Morgan fingerprint density at radius 1 is 1.17 bits per heavy atom. The van der Waals surface area contributed by atoms with Crippen molar-refractivity contribution in [2.24, 2.45) is 0 Å². The fourth-order valence-corrected chi connectivity index (χ4v) is 3.06. The lowest BCUT2D eigenvalue weighted by Gasteiger charge is -2.30. The van der Waals surface area contributed by atoms with Crippen molar-refractivity contribution in [3.05, 3.63) is 52.5 Å². The van der Waals surface area contributed by atoms with Gasteiger partial charge in [0.15, 0.2) is 0 Å². The van der Waals surface area contributed by atoms with Crippen LogP contribution in [0.1, 0.15) is 5.56 Å². The smallest absolute Gasteiger partial charge is 0.228 e. The van der Waals surface area contributed by atoms with Crippen LogP contribution in [0, 0.1) is 0 Å². The lowest BCUT2D eigenvalue weighted by Crippen LogP contribution is -2.36. The molecule has 1 aliphatic rings. The van der Waals surface area contributed by atoms with Crippen LogP contribution in [-0.2, 0) is 16.0 Å². The first-order chi connectivity index (χ1) is 11.6. The van der Waals surface area contributed by atoms with Gasteiger partial charge in [-0.15, -0.1) is 0 Å². The molecule has 1 saturated heterocycles. The van der Waals surface area contributed by atoms with Crippen LogP contribution in [0.15, 0.2) is 46.9 Å². The molecule has 5 nitrogen and oxygen atoms in total. The summed E-state index contributed by atoms with van der Waals surface area (Å²) in [6.45, 7) is 3.05. The minimum atomic E-state index is -0.0487. The summed E-state index contributed by atoms with van der Waals surface area (Å²) in [4.78, 5) is 14.6. The van der Waals surface area contributed by atoms with Gasteiger partial charge >= 0.3 is 0 Å². The van der Waals surface area contributed by atoms with Crippen molar-refractivity contribution in [2.75, 3.05) is 42.3 Å². The van der Waals surface area contributed by atoms with E-state index in [1.54, 1.807) is 12.1 Å². The molecule has 3 rings (SSSR count). The Labute approximate surface area is 149 Å². The molecule has 2 aromatic carbocycles. The second-order valence-electron chi connectivity index (χ2n) is 5.73. The third-order valence-corrected chi connectivity index (χ3v) is 4.42. The Balaban J connectivity index is 1.74. The van der Waals surface area contributed by atoms with Gasteiger partial charge in [0, 0.05) is 23.2 Å². The van der Waals surface area contributed by atoms with E-state index in [2.05, 4.69) is 26.1 Å². The molecule has 0 saturated carbocycles. The molecule has 6 heteroatoms. The molecule has 0 radical (unpaired) electrons. The molecule has 24 heavy (non-hydrogen) atoms. The molecular formula is C18H20BrN3O2. The van der Waals surface area contributed by atoms with E-state index in [-0.39, 0.29) is 5.91 Å². The number of amides is 1. The van der Waals surface area contributed by atoms with Crippen molar-refractivity contribution in [3.8, 4) is 0 Å². The van der Waals surface area contributed by atoms with Crippen LogP contribution in [0.4, 0.5) is 17.1 Å². The van der Waals surface area contributed by atoms with Gasteiger partial charge in [0.25, 0.3) is 0 Å². The van der Waals surface area contributed by atoms with E-state index >= 15 is 0 Å². The highest BCUT2D eigenvalue weighted by Gasteiger charge is 2.16. The molecule has 0 aromatic heterocycles. The van der Waals surface area contributed by atoms with E-state index in [4.69, 9.17) is 10.5 Å². The lowest BCUT2D eigenvalue weighted by atomic mass is 10.1. The quantitative estimate of drug-likeness (QED) is 0.788. The molecule has 0 bridgehead atoms. The minimum Gasteiger partial charge on any atom is -0.399 e. The van der Waals surface area contributed by atoms with Crippen LogP contribution < -0.4 is 16.0 Å². The van der Waals surface area contributed by atoms with Crippen LogP contribution in [0.25, 0.3) is 0 Å². The van der Waals surface area contributed by atoms with Gasteiger partial charge in [0.1, 0.15) is 0 Å². The number of nitrogens with zero attached hydrogens (tertiary/aromatic N) is 1. The molecule has 2 aromatic rings. The van der Waals surface area contributed by atoms with E-state index in [1.165, 1.54) is 0 Å². The molecule has 1 aliphatic heterocycles. The van der Waals surface area contributed by atoms with E-state index in [0.29, 0.717) is 25.3 Å². The summed E-state index contributed by atoms with van der Waals surface area (Å²) in [5.74, 6) is -0.0487. The van der Waals surface area contributed by atoms with E-state index < -0.39 is 0 Å². The van der Waals surface area contributed by atoms with Gasteiger partial charge in [-0.3, -0.25) is 4.79 Å². The third kappa shape index (κ3) is 4.27. The van der Waals surface area contributed by atoms with Crippen LogP contribution >= 0.6 is 15.9 Å². The molecule has 1 heterocycles. The Bertz CT molecular complexity index is 713. The number of nitrogens with one attached hydrogen (secondary N) is 1. The molecule has 126 valence electrons. The van der Waals surface area contributed by atoms with Crippen LogP contribution in [0.3, 0.4) is 0 Å². The number of anilines is 3. The highest BCUT2D eigenvalue weighted by atomic mass is 79.9. The Hall–Kier alpha value is -2.05. The normalized spacial score (nSPS) is 14.5. The summed E-state index contributed by atoms with van der Waals surface area (Å²) < 4.78 is 6.34. The maximum Gasteiger partial charge on any atom is 0.228 e. The lowest BCUT2D eigenvalue weighted by molar-refractivity contribution is -0.115. The van der Waals surface area contributed by atoms with Crippen molar-refractivity contribution in [3.63, 3.8) is 0 Å². The van der Waals surface area contributed by atoms with Gasteiger partial charge in [-0.2, -0.15) is 0 Å². The number of rotatable bonds is 4. The summed E-state index contributed by atoms with van der Waals surface area (Å²) in [7, 11) is 0. The second-order valence-corrected chi connectivity index (χ2v) is 6.64. The van der Waals surface area contributed by atoms with Gasteiger partial charge in [-0.05, 0) is 35.9 Å². The number of benzene rings is 2. The molecule has 0 unspecified atom stereocenters. The topological polar surface area (TPSA) is 67.6 Å². The standard InChI is InChI=1S/C18H20BrN3O2/c19-14-3-6-17(22-7-9-24-10-8-22)16(12-14)21-18(23)11-13-1-4-15(20)5-2-13/h1-6,12H,7-11,20H2,(H,21,23). The number of hydrogen-bond acceptors (Lipinski definition) is 4. The number of nitrogens with two attached hydrogens (primary N) is 1. The molecule has 0 spiro atoms. The maximum absolute atomic E-state index is 12.4. The maximum atomic E-state index is 12.4. The summed E-state index contributed by atoms with van der Waals surface area (Å²) in [5, 5.41) is 3.03. The summed E-state index contributed by atoms with van der Waals surface area (Å²) in [6.07, 6.45) is 0.315. The molecule has 0 aliphatic carbocycles. The molecular weight excluding hydrogens is 370 g/mol. The van der Waals surface area contributed by atoms with Crippen LogP contribution in [-0.4, -0.2) is 32.2 Å². The number of carbonyl (C=O) groups is 1. The summed E-state index contributed by atoms with van der Waals surface area (Å²) in [6, 6.07) is 13.3. The van der Waals surface area contributed by atoms with Gasteiger partial charge in [-0.1, -0.05) is 28.1 Å². The van der Waals surface area contributed by atoms with Crippen LogP contribution in [0.2, 0.25) is 0 Å². The number of ether oxygens (including phenoxy) is 1. The molecule has 3 N–H and O–H groups in total.